The lowest BCUT2D eigenvalue weighted by molar-refractivity contribution is 0.104. The molecule has 0 aliphatic heterocycles. The smallest absolute Gasteiger partial charge is 0.205 e. The second-order valence-corrected chi connectivity index (χ2v) is 7.33. The van der Waals surface area contributed by atoms with Gasteiger partial charge in [-0.2, -0.15) is 5.26 Å². The number of aromatic nitrogens is 1. The number of ketones is 1. The van der Waals surface area contributed by atoms with E-state index in [1.165, 1.54) is 11.3 Å². The molecule has 3 nitrogen and oxygen atoms in total. The number of carbonyl (C=O) groups is 1. The highest BCUT2D eigenvalue weighted by atomic mass is 79.9. The van der Waals surface area contributed by atoms with Gasteiger partial charge in [0.1, 0.15) is 0 Å². The Morgan fingerprint density at radius 2 is 2.15 bits per heavy atom. The maximum Gasteiger partial charge on any atom is 0.205 e. The van der Waals surface area contributed by atoms with E-state index in [0.29, 0.717) is 21.4 Å². The van der Waals surface area contributed by atoms with E-state index >= 15 is 0 Å². The van der Waals surface area contributed by atoms with Crippen molar-refractivity contribution in [2.45, 2.75) is 0 Å². The molecule has 0 atom stereocenters. The summed E-state index contributed by atoms with van der Waals surface area (Å²) in [4.78, 5) is 16.3. The third-order valence-corrected chi connectivity index (χ3v) is 6.19. The second kappa shape index (κ2) is 5.17. The summed E-state index contributed by atoms with van der Waals surface area (Å²) in [5, 5.41) is 9.87. The SMILES string of the molecule is N#Cc1cccc2[nH]cc(C(=O)c3cc(Br)c(Br)s3)c12. The average molecular weight is 410 g/mol. The molecule has 0 radical (unpaired) electrons. The minimum absolute atomic E-state index is 0.0876. The number of hydrogen-bond acceptors (Lipinski definition) is 3. The van der Waals surface area contributed by atoms with E-state index in [1.807, 2.05) is 6.07 Å². The number of nitriles is 1. The molecule has 1 aromatic carbocycles. The van der Waals surface area contributed by atoms with Crippen LogP contribution in [0.3, 0.4) is 0 Å². The molecule has 3 rings (SSSR count). The molecule has 1 N–H and O–H groups in total. The van der Waals surface area contributed by atoms with Crippen LogP contribution in [-0.2, 0) is 0 Å². The number of hydrogen-bond donors (Lipinski definition) is 1. The first-order valence-electron chi connectivity index (χ1n) is 5.61. The maximum absolute atomic E-state index is 12.6. The van der Waals surface area contributed by atoms with Crippen molar-refractivity contribution in [3.63, 3.8) is 0 Å². The molecule has 0 fully saturated rings. The van der Waals surface area contributed by atoms with E-state index in [2.05, 4.69) is 42.9 Å². The van der Waals surface area contributed by atoms with Gasteiger partial charge in [-0.25, -0.2) is 0 Å². The Kier molecular flexibility index (Phi) is 3.50. The van der Waals surface area contributed by atoms with Gasteiger partial charge >= 0.3 is 0 Å². The van der Waals surface area contributed by atoms with Gasteiger partial charge in [0.2, 0.25) is 5.78 Å². The number of H-pyrrole nitrogens is 1. The van der Waals surface area contributed by atoms with Crippen molar-refractivity contribution in [2.24, 2.45) is 0 Å². The monoisotopic (exact) mass is 408 g/mol. The number of nitrogens with one attached hydrogen (secondary N) is 1. The van der Waals surface area contributed by atoms with Gasteiger partial charge in [-0.15, -0.1) is 11.3 Å². The van der Waals surface area contributed by atoms with Crippen LogP contribution in [0, 0.1) is 11.3 Å². The van der Waals surface area contributed by atoms with Crippen LogP contribution >= 0.6 is 43.2 Å². The summed E-state index contributed by atoms with van der Waals surface area (Å²) >= 11 is 8.13. The Morgan fingerprint density at radius 1 is 1.35 bits per heavy atom. The third kappa shape index (κ3) is 2.12. The normalized spacial score (nSPS) is 10.7. The number of rotatable bonds is 2. The summed E-state index contributed by atoms with van der Waals surface area (Å²) < 4.78 is 1.73. The average Bonchev–Trinajstić information content (AvgIpc) is 3.02. The minimum Gasteiger partial charge on any atom is -0.360 e. The van der Waals surface area contributed by atoms with E-state index in [1.54, 1.807) is 24.4 Å². The van der Waals surface area contributed by atoms with Gasteiger partial charge in [0.25, 0.3) is 0 Å². The van der Waals surface area contributed by atoms with Crippen LogP contribution in [0.15, 0.2) is 38.7 Å². The topological polar surface area (TPSA) is 56.6 Å². The fourth-order valence-electron chi connectivity index (χ4n) is 2.05. The fourth-order valence-corrected chi connectivity index (χ4v) is 4.04. The molecule has 0 saturated heterocycles. The van der Waals surface area contributed by atoms with Gasteiger partial charge in [0.15, 0.2) is 0 Å². The first kappa shape index (κ1) is 13.6. The standard InChI is InChI=1S/C14H6Br2N2OS/c15-9-4-11(20-14(9)16)13(19)8-6-18-10-3-1-2-7(5-17)12(8)10/h1-4,6,18H. The molecule has 0 saturated carbocycles. The Labute approximate surface area is 135 Å². The van der Waals surface area contributed by atoms with Crippen LogP contribution in [0.25, 0.3) is 10.9 Å². The lowest BCUT2D eigenvalue weighted by atomic mass is 10.0. The summed E-state index contributed by atoms with van der Waals surface area (Å²) in [5.74, 6) is -0.0876. The van der Waals surface area contributed by atoms with Gasteiger partial charge in [0, 0.05) is 21.6 Å². The van der Waals surface area contributed by atoms with E-state index in [-0.39, 0.29) is 5.78 Å². The predicted octanol–water partition coefficient (Wildman–Crippen LogP) is 4.86. The zero-order valence-electron chi connectivity index (χ0n) is 9.91. The highest BCUT2D eigenvalue weighted by molar-refractivity contribution is 9.13. The largest absolute Gasteiger partial charge is 0.360 e. The number of thiophene rings is 1. The van der Waals surface area contributed by atoms with Crippen LogP contribution in [0.1, 0.15) is 20.8 Å². The molecule has 2 aromatic heterocycles. The number of halogens is 2. The fraction of sp³-hybridized carbons (Fsp3) is 0. The molecule has 0 bridgehead atoms. The lowest BCUT2D eigenvalue weighted by Crippen LogP contribution is -1.97. The van der Waals surface area contributed by atoms with Crippen molar-refractivity contribution >= 4 is 59.9 Å². The van der Waals surface area contributed by atoms with Gasteiger partial charge in [-0.1, -0.05) is 6.07 Å². The van der Waals surface area contributed by atoms with Gasteiger partial charge in [-0.05, 0) is 50.1 Å². The number of fused-ring (bicyclic) bond motifs is 1. The minimum atomic E-state index is -0.0876. The summed E-state index contributed by atoms with van der Waals surface area (Å²) in [7, 11) is 0. The van der Waals surface area contributed by atoms with Gasteiger partial charge in [-0.3, -0.25) is 4.79 Å². The van der Waals surface area contributed by atoms with E-state index in [9.17, 15) is 10.1 Å². The van der Waals surface area contributed by atoms with Crippen molar-refractivity contribution in [1.29, 1.82) is 5.26 Å². The molecule has 0 aliphatic rings. The molecule has 98 valence electrons. The van der Waals surface area contributed by atoms with Crippen molar-refractivity contribution in [3.05, 3.63) is 54.7 Å². The Bertz CT molecular complexity index is 854. The molecule has 0 unspecified atom stereocenters. The first-order valence-corrected chi connectivity index (χ1v) is 8.02. The van der Waals surface area contributed by atoms with Crippen LogP contribution in [0.4, 0.5) is 0 Å². The zero-order chi connectivity index (χ0) is 14.3. The third-order valence-electron chi connectivity index (χ3n) is 2.94. The number of carbonyl (C=O) groups excluding carboxylic acids is 1. The molecule has 3 aromatic rings. The van der Waals surface area contributed by atoms with Crippen LogP contribution in [0.2, 0.25) is 0 Å². The van der Waals surface area contributed by atoms with Crippen molar-refractivity contribution in [1.82, 2.24) is 4.98 Å². The Morgan fingerprint density at radius 3 is 2.80 bits per heavy atom. The molecule has 2 heterocycles. The molecular formula is C14H6Br2N2OS. The first-order chi connectivity index (χ1) is 9.61. The van der Waals surface area contributed by atoms with Gasteiger partial charge in [0.05, 0.1) is 25.9 Å². The Hall–Kier alpha value is -1.42. The predicted molar refractivity (Wildman–Crippen MR) is 86.2 cm³/mol. The van der Waals surface area contributed by atoms with Crippen LogP contribution in [0.5, 0.6) is 0 Å². The summed E-state index contributed by atoms with van der Waals surface area (Å²) in [6.07, 6.45) is 1.66. The van der Waals surface area contributed by atoms with Crippen molar-refractivity contribution in [2.75, 3.05) is 0 Å². The summed E-state index contributed by atoms with van der Waals surface area (Å²) in [6.45, 7) is 0. The lowest BCUT2D eigenvalue weighted by Gasteiger charge is -1.98. The van der Waals surface area contributed by atoms with Crippen LogP contribution < -0.4 is 0 Å². The highest BCUT2D eigenvalue weighted by Gasteiger charge is 2.19. The van der Waals surface area contributed by atoms with Crippen molar-refractivity contribution < 1.29 is 4.79 Å². The number of benzene rings is 1. The molecular weight excluding hydrogens is 404 g/mol. The van der Waals surface area contributed by atoms with Gasteiger partial charge < -0.3 is 4.98 Å². The highest BCUT2D eigenvalue weighted by Crippen LogP contribution is 2.34. The molecule has 0 amide bonds. The molecule has 0 spiro atoms. The number of aromatic amines is 1. The zero-order valence-corrected chi connectivity index (χ0v) is 13.9. The number of nitrogens with zero attached hydrogens (tertiary/aromatic N) is 1. The summed E-state index contributed by atoms with van der Waals surface area (Å²) in [5.41, 5.74) is 1.82. The van der Waals surface area contributed by atoms with E-state index in [0.717, 1.165) is 13.8 Å². The second-order valence-electron chi connectivity index (χ2n) is 4.10. The maximum atomic E-state index is 12.6. The van der Waals surface area contributed by atoms with Crippen LogP contribution in [-0.4, -0.2) is 10.8 Å². The molecule has 0 aliphatic carbocycles. The Balaban J connectivity index is 2.20. The summed E-state index contributed by atoms with van der Waals surface area (Å²) in [6, 6.07) is 9.28. The molecule has 6 heteroatoms. The van der Waals surface area contributed by atoms with E-state index < -0.39 is 0 Å². The van der Waals surface area contributed by atoms with E-state index in [4.69, 9.17) is 0 Å². The van der Waals surface area contributed by atoms with Crippen molar-refractivity contribution in [3.8, 4) is 6.07 Å². The quantitative estimate of drug-likeness (QED) is 0.614. The molecule has 20 heavy (non-hydrogen) atoms.